The first-order valence-electron chi connectivity index (χ1n) is 10.3. The summed E-state index contributed by atoms with van der Waals surface area (Å²) in [5, 5.41) is 0.779. The first-order chi connectivity index (χ1) is 15.2. The van der Waals surface area contributed by atoms with Gasteiger partial charge in [-0.05, 0) is 67.6 Å². The average molecular weight is 497 g/mol. The molecule has 2 aromatic carbocycles. The molecule has 1 N–H and O–H groups in total. The number of ether oxygens (including phenoxy) is 2. The number of rotatable bonds is 6. The van der Waals surface area contributed by atoms with E-state index >= 15 is 0 Å². The highest BCUT2D eigenvalue weighted by Gasteiger charge is 2.20. The smallest absolute Gasteiger partial charge is 0.260 e. The summed E-state index contributed by atoms with van der Waals surface area (Å²) in [4.78, 5) is 22.7. The van der Waals surface area contributed by atoms with E-state index < -0.39 is 0 Å². The van der Waals surface area contributed by atoms with Crippen LogP contribution in [0.5, 0.6) is 11.5 Å². The minimum atomic E-state index is -0.0476. The van der Waals surface area contributed by atoms with E-state index in [4.69, 9.17) is 14.5 Å². The van der Waals surface area contributed by atoms with Gasteiger partial charge in [-0.25, -0.2) is 4.98 Å². The van der Waals surface area contributed by atoms with Crippen molar-refractivity contribution in [2.45, 2.75) is 25.7 Å². The van der Waals surface area contributed by atoms with Gasteiger partial charge in [-0.2, -0.15) is 0 Å². The van der Waals surface area contributed by atoms with Crippen LogP contribution in [-0.2, 0) is 12.8 Å². The molecule has 0 atom stereocenters. The van der Waals surface area contributed by atoms with E-state index in [2.05, 4.69) is 20.9 Å². The number of hydrogen-bond acceptors (Lipinski definition) is 5. The number of benzene rings is 2. The Labute approximate surface area is 192 Å². The van der Waals surface area contributed by atoms with Crippen LogP contribution in [0, 0.1) is 0 Å². The summed E-state index contributed by atoms with van der Waals surface area (Å²) in [5.41, 5.74) is 1.99. The SMILES string of the molecule is O=c1[nH]c(-c2cccc(OCCOc3ccc(Br)cc3)c2)nc2sc3c(c12)CCCC3. The highest BCUT2D eigenvalue weighted by atomic mass is 79.9. The predicted octanol–water partition coefficient (Wildman–Crippen LogP) is 5.75. The Kier molecular flexibility index (Phi) is 5.78. The molecule has 0 spiro atoms. The summed E-state index contributed by atoms with van der Waals surface area (Å²) < 4.78 is 12.6. The van der Waals surface area contributed by atoms with Crippen molar-refractivity contribution in [2.75, 3.05) is 13.2 Å². The minimum absolute atomic E-state index is 0.0476. The molecule has 0 aliphatic heterocycles. The van der Waals surface area contributed by atoms with Gasteiger partial charge in [0.25, 0.3) is 5.56 Å². The van der Waals surface area contributed by atoms with Gasteiger partial charge in [0.15, 0.2) is 0 Å². The molecule has 5 nitrogen and oxygen atoms in total. The number of thiophene rings is 1. The van der Waals surface area contributed by atoms with Gasteiger partial charge in [-0.15, -0.1) is 11.3 Å². The van der Waals surface area contributed by atoms with Crippen molar-refractivity contribution < 1.29 is 9.47 Å². The molecule has 4 aromatic rings. The second-order valence-corrected chi connectivity index (χ2v) is 9.48. The number of hydrogen-bond donors (Lipinski definition) is 1. The van der Waals surface area contributed by atoms with Crippen molar-refractivity contribution in [3.05, 3.63) is 73.8 Å². The molecule has 158 valence electrons. The van der Waals surface area contributed by atoms with E-state index in [0.29, 0.717) is 24.8 Å². The molecule has 0 amide bonds. The van der Waals surface area contributed by atoms with Crippen LogP contribution in [0.15, 0.2) is 57.8 Å². The minimum Gasteiger partial charge on any atom is -0.490 e. The maximum Gasteiger partial charge on any atom is 0.260 e. The third kappa shape index (κ3) is 4.38. The van der Waals surface area contributed by atoms with Crippen molar-refractivity contribution >= 4 is 37.5 Å². The number of nitrogens with zero attached hydrogens (tertiary/aromatic N) is 1. The Morgan fingerprint density at radius 3 is 2.61 bits per heavy atom. The van der Waals surface area contributed by atoms with Crippen molar-refractivity contribution in [3.8, 4) is 22.9 Å². The fourth-order valence-electron chi connectivity index (χ4n) is 3.88. The molecule has 0 fully saturated rings. The van der Waals surface area contributed by atoms with E-state index in [1.165, 1.54) is 16.9 Å². The molecule has 31 heavy (non-hydrogen) atoms. The monoisotopic (exact) mass is 496 g/mol. The molecule has 0 saturated carbocycles. The zero-order valence-corrected chi connectivity index (χ0v) is 19.2. The summed E-state index contributed by atoms with van der Waals surface area (Å²) in [6, 6.07) is 15.3. The van der Waals surface area contributed by atoms with E-state index in [1.807, 2.05) is 48.5 Å². The Hall–Kier alpha value is -2.64. The summed E-state index contributed by atoms with van der Waals surface area (Å²) in [6.45, 7) is 0.855. The molecule has 7 heteroatoms. The number of aryl methyl sites for hydroxylation is 2. The third-order valence-corrected chi connectivity index (χ3v) is 7.08. The molecule has 0 bridgehead atoms. The standard InChI is InChI=1S/C24H21BrN2O3S/c25-16-8-10-17(11-9-16)29-12-13-30-18-5-3-4-15(14-18)22-26-23(28)21-19-6-1-2-7-20(19)31-24(21)27-22/h3-5,8-11,14H,1-2,6-7,12-13H2,(H,26,27,28). The van der Waals surface area contributed by atoms with Gasteiger partial charge in [-0.3, -0.25) is 4.79 Å². The summed E-state index contributed by atoms with van der Waals surface area (Å²) >= 11 is 5.07. The van der Waals surface area contributed by atoms with Gasteiger partial charge in [0.1, 0.15) is 35.4 Å². The zero-order valence-electron chi connectivity index (χ0n) is 16.8. The van der Waals surface area contributed by atoms with Crippen LogP contribution in [0.25, 0.3) is 21.6 Å². The van der Waals surface area contributed by atoms with Crippen molar-refractivity contribution in [3.63, 3.8) is 0 Å². The normalized spacial score (nSPS) is 13.2. The molecular weight excluding hydrogens is 476 g/mol. The molecule has 2 aromatic heterocycles. The third-order valence-electron chi connectivity index (χ3n) is 5.37. The van der Waals surface area contributed by atoms with Crippen LogP contribution in [0.2, 0.25) is 0 Å². The van der Waals surface area contributed by atoms with Crippen LogP contribution >= 0.6 is 27.3 Å². The number of aromatic nitrogens is 2. The fourth-order valence-corrected chi connectivity index (χ4v) is 5.41. The molecule has 2 heterocycles. The quantitative estimate of drug-likeness (QED) is 0.345. The highest BCUT2D eigenvalue weighted by Crippen LogP contribution is 2.34. The number of fused-ring (bicyclic) bond motifs is 3. The average Bonchev–Trinajstić information content (AvgIpc) is 3.17. The second kappa shape index (κ2) is 8.85. The Morgan fingerprint density at radius 2 is 1.77 bits per heavy atom. The molecule has 5 rings (SSSR count). The molecule has 0 saturated heterocycles. The number of aromatic amines is 1. The first kappa shape index (κ1) is 20.3. The van der Waals surface area contributed by atoms with Crippen molar-refractivity contribution in [2.24, 2.45) is 0 Å². The maximum absolute atomic E-state index is 12.8. The van der Waals surface area contributed by atoms with Gasteiger partial charge in [0, 0.05) is 14.9 Å². The second-order valence-electron chi connectivity index (χ2n) is 7.48. The highest BCUT2D eigenvalue weighted by molar-refractivity contribution is 9.10. The number of H-pyrrole nitrogens is 1. The van der Waals surface area contributed by atoms with Crippen LogP contribution in [0.1, 0.15) is 23.3 Å². The van der Waals surface area contributed by atoms with Gasteiger partial charge in [-0.1, -0.05) is 28.1 Å². The van der Waals surface area contributed by atoms with Crippen LogP contribution in [-0.4, -0.2) is 23.2 Å². The molecule has 0 unspecified atom stereocenters. The lowest BCUT2D eigenvalue weighted by Crippen LogP contribution is -2.11. The molecule has 1 aliphatic carbocycles. The van der Waals surface area contributed by atoms with E-state index in [1.54, 1.807) is 11.3 Å². The Balaban J connectivity index is 1.31. The number of nitrogens with one attached hydrogen (secondary N) is 1. The molecule has 1 aliphatic rings. The lowest BCUT2D eigenvalue weighted by atomic mass is 9.97. The first-order valence-corrected chi connectivity index (χ1v) is 11.9. The van der Waals surface area contributed by atoms with E-state index in [0.717, 1.165) is 45.3 Å². The lowest BCUT2D eigenvalue weighted by molar-refractivity contribution is 0.217. The predicted molar refractivity (Wildman–Crippen MR) is 127 cm³/mol. The van der Waals surface area contributed by atoms with Gasteiger partial charge in [0.05, 0.1) is 5.39 Å². The van der Waals surface area contributed by atoms with Crippen LogP contribution in [0.4, 0.5) is 0 Å². The summed E-state index contributed by atoms with van der Waals surface area (Å²) in [5.74, 6) is 2.09. The van der Waals surface area contributed by atoms with Gasteiger partial charge < -0.3 is 14.5 Å². The zero-order chi connectivity index (χ0) is 21.2. The van der Waals surface area contributed by atoms with Crippen molar-refractivity contribution in [1.29, 1.82) is 0 Å². The maximum atomic E-state index is 12.8. The van der Waals surface area contributed by atoms with Crippen LogP contribution < -0.4 is 15.0 Å². The van der Waals surface area contributed by atoms with Crippen LogP contribution in [0.3, 0.4) is 0 Å². The topological polar surface area (TPSA) is 64.2 Å². The molecule has 0 radical (unpaired) electrons. The fraction of sp³-hybridized carbons (Fsp3) is 0.250. The van der Waals surface area contributed by atoms with E-state index in [9.17, 15) is 4.79 Å². The van der Waals surface area contributed by atoms with Gasteiger partial charge >= 0.3 is 0 Å². The van der Waals surface area contributed by atoms with E-state index in [-0.39, 0.29) is 5.56 Å². The summed E-state index contributed by atoms with van der Waals surface area (Å²) in [7, 11) is 0. The van der Waals surface area contributed by atoms with Gasteiger partial charge in [0.2, 0.25) is 0 Å². The summed E-state index contributed by atoms with van der Waals surface area (Å²) in [6.07, 6.45) is 4.36. The van der Waals surface area contributed by atoms with Crippen molar-refractivity contribution in [1.82, 2.24) is 9.97 Å². The molecular formula is C24H21BrN2O3S. The Bertz CT molecular complexity index is 1280. The lowest BCUT2D eigenvalue weighted by Gasteiger charge is -2.10. The largest absolute Gasteiger partial charge is 0.490 e. The Morgan fingerprint density at radius 1 is 1.00 bits per heavy atom. The number of halogens is 1.